The molecule has 0 heterocycles. The lowest BCUT2D eigenvalue weighted by Gasteiger charge is -2.11. The van der Waals surface area contributed by atoms with Gasteiger partial charge in [0.15, 0.2) is 0 Å². The lowest BCUT2D eigenvalue weighted by molar-refractivity contribution is 0.554. The minimum absolute atomic E-state index is 0.135. The second kappa shape index (κ2) is 5.63. The molecule has 6 heteroatoms. The molecular formula is C10H15ClN2O2S. The maximum absolute atomic E-state index is 11.5. The number of hydrogen-bond acceptors (Lipinski definition) is 2. The normalized spacial score (nSPS) is 12.0. The van der Waals surface area contributed by atoms with Crippen molar-refractivity contribution in [3.8, 4) is 0 Å². The Morgan fingerprint density at radius 3 is 2.50 bits per heavy atom. The van der Waals surface area contributed by atoms with Crippen molar-refractivity contribution in [1.29, 1.82) is 0 Å². The van der Waals surface area contributed by atoms with Gasteiger partial charge in [-0.1, -0.05) is 29.8 Å². The first-order chi connectivity index (χ1) is 7.41. The minimum Gasteiger partial charge on any atom is -0.200 e. The smallest absolute Gasteiger partial charge is 0.200 e. The van der Waals surface area contributed by atoms with Crippen molar-refractivity contribution in [1.82, 2.24) is 9.44 Å². The molecule has 0 unspecified atom stereocenters. The Morgan fingerprint density at radius 2 is 1.94 bits per heavy atom. The summed E-state index contributed by atoms with van der Waals surface area (Å²) in [7, 11) is -3.45. The fourth-order valence-corrected chi connectivity index (χ4v) is 2.42. The van der Waals surface area contributed by atoms with Gasteiger partial charge >= 0.3 is 0 Å². The molecule has 0 aliphatic rings. The van der Waals surface area contributed by atoms with Gasteiger partial charge in [-0.3, -0.25) is 0 Å². The number of nitrogens with one attached hydrogen (secondary N) is 2. The molecule has 1 aromatic rings. The van der Waals surface area contributed by atoms with E-state index in [-0.39, 0.29) is 12.6 Å². The van der Waals surface area contributed by atoms with E-state index in [1.165, 1.54) is 0 Å². The monoisotopic (exact) mass is 262 g/mol. The van der Waals surface area contributed by atoms with Crippen molar-refractivity contribution in [2.24, 2.45) is 0 Å². The summed E-state index contributed by atoms with van der Waals surface area (Å²) >= 11 is 5.90. The molecule has 0 saturated carbocycles. The molecule has 2 N–H and O–H groups in total. The molecule has 0 amide bonds. The molecule has 0 bridgehead atoms. The zero-order valence-electron chi connectivity index (χ0n) is 9.20. The Labute approximate surface area is 101 Å². The van der Waals surface area contributed by atoms with E-state index < -0.39 is 10.2 Å². The van der Waals surface area contributed by atoms with E-state index in [9.17, 15) is 8.42 Å². The third-order valence-corrected chi connectivity index (χ3v) is 3.48. The van der Waals surface area contributed by atoms with Gasteiger partial charge in [-0.25, -0.2) is 0 Å². The highest BCUT2D eigenvalue weighted by Gasteiger charge is 2.11. The lowest BCUT2D eigenvalue weighted by Crippen LogP contribution is -2.39. The molecule has 4 nitrogen and oxygen atoms in total. The Bertz CT molecular complexity index is 446. The summed E-state index contributed by atoms with van der Waals surface area (Å²) < 4.78 is 27.8. The Balaban J connectivity index is 2.62. The van der Waals surface area contributed by atoms with Crippen LogP contribution in [-0.4, -0.2) is 14.5 Å². The van der Waals surface area contributed by atoms with Crippen LogP contribution in [0.25, 0.3) is 0 Å². The molecule has 0 saturated heterocycles. The van der Waals surface area contributed by atoms with E-state index in [1.54, 1.807) is 32.0 Å². The lowest BCUT2D eigenvalue weighted by atomic mass is 10.2. The fourth-order valence-electron chi connectivity index (χ4n) is 1.17. The summed E-state index contributed by atoms with van der Waals surface area (Å²) in [5.41, 5.74) is 0.748. The summed E-state index contributed by atoms with van der Waals surface area (Å²) in [5, 5.41) is 0.551. The zero-order valence-corrected chi connectivity index (χ0v) is 10.8. The summed E-state index contributed by atoms with van der Waals surface area (Å²) in [6, 6.07) is 6.98. The second-order valence-corrected chi connectivity index (χ2v) is 5.63. The van der Waals surface area contributed by atoms with Gasteiger partial charge in [0.2, 0.25) is 0 Å². The van der Waals surface area contributed by atoms with Crippen molar-refractivity contribution in [2.45, 2.75) is 26.4 Å². The van der Waals surface area contributed by atoms with Crippen LogP contribution in [0, 0.1) is 0 Å². The van der Waals surface area contributed by atoms with Gasteiger partial charge in [0.05, 0.1) is 0 Å². The summed E-state index contributed by atoms with van der Waals surface area (Å²) in [6.45, 7) is 3.70. The molecule has 0 aliphatic heterocycles. The highest BCUT2D eigenvalue weighted by atomic mass is 35.5. The standard InChI is InChI=1S/C10H15ClN2O2S/c1-8(2)13-16(14,15)12-7-9-5-3-4-6-10(9)11/h3-6,8,12-13H,7H2,1-2H3. The van der Waals surface area contributed by atoms with Crippen LogP contribution in [0.2, 0.25) is 5.02 Å². The van der Waals surface area contributed by atoms with Gasteiger partial charge < -0.3 is 0 Å². The van der Waals surface area contributed by atoms with Gasteiger partial charge in [-0.2, -0.15) is 17.9 Å². The van der Waals surface area contributed by atoms with E-state index >= 15 is 0 Å². The van der Waals surface area contributed by atoms with Crippen LogP contribution in [0.15, 0.2) is 24.3 Å². The maximum atomic E-state index is 11.5. The van der Waals surface area contributed by atoms with Crippen molar-refractivity contribution in [3.63, 3.8) is 0 Å². The van der Waals surface area contributed by atoms with Crippen molar-refractivity contribution in [2.75, 3.05) is 0 Å². The molecule has 0 aromatic heterocycles. The fraction of sp³-hybridized carbons (Fsp3) is 0.400. The molecule has 90 valence electrons. The average molecular weight is 263 g/mol. The van der Waals surface area contributed by atoms with Crippen LogP contribution >= 0.6 is 11.6 Å². The molecule has 0 fully saturated rings. The third-order valence-electron chi connectivity index (χ3n) is 1.80. The van der Waals surface area contributed by atoms with Crippen molar-refractivity contribution in [3.05, 3.63) is 34.9 Å². The molecule has 1 rings (SSSR count). The maximum Gasteiger partial charge on any atom is 0.277 e. The predicted octanol–water partition coefficient (Wildman–Crippen LogP) is 1.67. The third kappa shape index (κ3) is 4.49. The van der Waals surface area contributed by atoms with E-state index in [2.05, 4.69) is 9.44 Å². The first-order valence-corrected chi connectivity index (χ1v) is 6.77. The number of rotatable bonds is 5. The summed E-state index contributed by atoms with van der Waals surface area (Å²) in [6.07, 6.45) is 0. The van der Waals surface area contributed by atoms with Crippen LogP contribution in [0.3, 0.4) is 0 Å². The Morgan fingerprint density at radius 1 is 1.31 bits per heavy atom. The van der Waals surface area contributed by atoms with E-state index in [0.29, 0.717) is 5.02 Å². The predicted molar refractivity (Wildman–Crippen MR) is 65.5 cm³/mol. The molecule has 0 radical (unpaired) electrons. The van der Waals surface area contributed by atoms with E-state index in [1.807, 2.05) is 6.07 Å². The second-order valence-electron chi connectivity index (χ2n) is 3.69. The molecular weight excluding hydrogens is 248 g/mol. The van der Waals surface area contributed by atoms with Gasteiger partial charge in [0.25, 0.3) is 10.2 Å². The van der Waals surface area contributed by atoms with E-state index in [0.717, 1.165) is 5.56 Å². The van der Waals surface area contributed by atoms with Crippen LogP contribution < -0.4 is 9.44 Å². The van der Waals surface area contributed by atoms with Crippen molar-refractivity contribution >= 4 is 21.8 Å². The average Bonchev–Trinajstić information content (AvgIpc) is 2.14. The number of benzene rings is 1. The SMILES string of the molecule is CC(C)NS(=O)(=O)NCc1ccccc1Cl. The highest BCUT2D eigenvalue weighted by Crippen LogP contribution is 2.14. The van der Waals surface area contributed by atoms with Gasteiger partial charge in [0, 0.05) is 17.6 Å². The Hall–Kier alpha value is -0.620. The number of halogens is 1. The van der Waals surface area contributed by atoms with Crippen LogP contribution in [0.1, 0.15) is 19.4 Å². The molecule has 16 heavy (non-hydrogen) atoms. The van der Waals surface area contributed by atoms with E-state index in [4.69, 9.17) is 11.6 Å². The van der Waals surface area contributed by atoms with Crippen LogP contribution in [0.4, 0.5) is 0 Å². The molecule has 0 atom stereocenters. The summed E-state index contributed by atoms with van der Waals surface area (Å²) in [4.78, 5) is 0. The zero-order chi connectivity index (χ0) is 12.2. The summed E-state index contributed by atoms with van der Waals surface area (Å²) in [5.74, 6) is 0. The first-order valence-electron chi connectivity index (χ1n) is 4.91. The molecule has 0 spiro atoms. The molecule has 0 aliphatic carbocycles. The Kier molecular flexibility index (Phi) is 4.73. The highest BCUT2D eigenvalue weighted by molar-refractivity contribution is 7.87. The first kappa shape index (κ1) is 13.4. The van der Waals surface area contributed by atoms with Crippen LogP contribution in [0.5, 0.6) is 0 Å². The molecule has 1 aromatic carbocycles. The van der Waals surface area contributed by atoms with Gasteiger partial charge in [-0.15, -0.1) is 0 Å². The minimum atomic E-state index is -3.45. The van der Waals surface area contributed by atoms with Crippen molar-refractivity contribution < 1.29 is 8.42 Å². The van der Waals surface area contributed by atoms with Gasteiger partial charge in [0.1, 0.15) is 0 Å². The number of hydrogen-bond donors (Lipinski definition) is 2. The quantitative estimate of drug-likeness (QED) is 0.848. The largest absolute Gasteiger partial charge is 0.277 e. The van der Waals surface area contributed by atoms with Gasteiger partial charge in [-0.05, 0) is 25.5 Å². The topological polar surface area (TPSA) is 58.2 Å². The van der Waals surface area contributed by atoms with Crippen LogP contribution in [-0.2, 0) is 16.8 Å².